The van der Waals surface area contributed by atoms with E-state index in [1.807, 2.05) is 12.3 Å². The van der Waals surface area contributed by atoms with Crippen molar-refractivity contribution >= 4 is 16.7 Å². The standard InChI is InChI=1S/C11H11N3/c1-2-5-10-9(4-1)8-11(13-10)14-7-3-6-12-14/h1-6,8,12-13H,7H2. The smallest absolute Gasteiger partial charge is 0.126 e. The first-order chi connectivity index (χ1) is 6.93. The molecule has 2 heterocycles. The molecule has 0 fully saturated rings. The summed E-state index contributed by atoms with van der Waals surface area (Å²) in [4.78, 5) is 3.36. The van der Waals surface area contributed by atoms with E-state index >= 15 is 0 Å². The van der Waals surface area contributed by atoms with E-state index in [1.54, 1.807) is 0 Å². The summed E-state index contributed by atoms with van der Waals surface area (Å²) in [5, 5.41) is 3.32. The van der Waals surface area contributed by atoms with Crippen LogP contribution in [0.4, 0.5) is 5.82 Å². The molecule has 0 radical (unpaired) electrons. The van der Waals surface area contributed by atoms with Crippen molar-refractivity contribution < 1.29 is 0 Å². The highest BCUT2D eigenvalue weighted by atomic mass is 15.5. The molecule has 0 spiro atoms. The lowest BCUT2D eigenvalue weighted by atomic mass is 10.2. The van der Waals surface area contributed by atoms with Gasteiger partial charge in [0.15, 0.2) is 0 Å². The van der Waals surface area contributed by atoms with E-state index in [9.17, 15) is 0 Å². The second-order valence-corrected chi connectivity index (χ2v) is 3.38. The number of rotatable bonds is 1. The van der Waals surface area contributed by atoms with Crippen molar-refractivity contribution in [2.75, 3.05) is 11.6 Å². The van der Waals surface area contributed by atoms with Crippen LogP contribution in [0.15, 0.2) is 42.6 Å². The minimum absolute atomic E-state index is 0.910. The second-order valence-electron chi connectivity index (χ2n) is 3.38. The molecule has 1 aromatic carbocycles. The number of anilines is 1. The first-order valence-corrected chi connectivity index (χ1v) is 4.70. The first kappa shape index (κ1) is 7.50. The molecule has 3 rings (SSSR count). The van der Waals surface area contributed by atoms with Crippen LogP contribution in [0.2, 0.25) is 0 Å². The Hall–Kier alpha value is -1.90. The molecule has 1 aliphatic rings. The van der Waals surface area contributed by atoms with E-state index in [0.29, 0.717) is 0 Å². The predicted molar refractivity (Wildman–Crippen MR) is 57.9 cm³/mol. The Morgan fingerprint density at radius 3 is 2.93 bits per heavy atom. The maximum Gasteiger partial charge on any atom is 0.126 e. The van der Waals surface area contributed by atoms with Gasteiger partial charge in [-0.3, -0.25) is 5.01 Å². The fourth-order valence-electron chi connectivity index (χ4n) is 1.72. The number of aromatic amines is 1. The number of H-pyrrole nitrogens is 1. The summed E-state index contributed by atoms with van der Waals surface area (Å²) in [5.41, 5.74) is 4.33. The minimum atomic E-state index is 0.910. The molecule has 0 amide bonds. The molecule has 14 heavy (non-hydrogen) atoms. The zero-order valence-electron chi connectivity index (χ0n) is 7.70. The average Bonchev–Trinajstić information content (AvgIpc) is 2.86. The van der Waals surface area contributed by atoms with Crippen molar-refractivity contribution in [3.8, 4) is 0 Å². The van der Waals surface area contributed by atoms with E-state index in [-0.39, 0.29) is 0 Å². The molecule has 2 aromatic rings. The van der Waals surface area contributed by atoms with Crippen LogP contribution in [0.5, 0.6) is 0 Å². The highest BCUT2D eigenvalue weighted by molar-refractivity contribution is 5.83. The second kappa shape index (κ2) is 2.80. The van der Waals surface area contributed by atoms with Crippen LogP contribution in [0.1, 0.15) is 0 Å². The van der Waals surface area contributed by atoms with Gasteiger partial charge in [0.1, 0.15) is 5.82 Å². The van der Waals surface area contributed by atoms with E-state index < -0.39 is 0 Å². The number of aromatic nitrogens is 1. The number of hydrogen-bond acceptors (Lipinski definition) is 2. The topological polar surface area (TPSA) is 31.1 Å². The van der Waals surface area contributed by atoms with Crippen molar-refractivity contribution in [1.29, 1.82) is 0 Å². The number of hydrogen-bond donors (Lipinski definition) is 2. The number of hydrazine groups is 1. The fraction of sp³-hybridized carbons (Fsp3) is 0.0909. The van der Waals surface area contributed by atoms with Crippen molar-refractivity contribution in [3.05, 3.63) is 42.6 Å². The van der Waals surface area contributed by atoms with E-state index in [0.717, 1.165) is 12.4 Å². The molecule has 0 saturated carbocycles. The lowest BCUT2D eigenvalue weighted by molar-refractivity contribution is 0.827. The molecule has 70 valence electrons. The summed E-state index contributed by atoms with van der Waals surface area (Å²) < 4.78 is 0. The Kier molecular flexibility index (Phi) is 1.50. The third-order valence-electron chi connectivity index (χ3n) is 2.44. The number of nitrogens with one attached hydrogen (secondary N) is 2. The summed E-state index contributed by atoms with van der Waals surface area (Å²) in [7, 11) is 0. The van der Waals surface area contributed by atoms with E-state index in [4.69, 9.17) is 0 Å². The van der Waals surface area contributed by atoms with Gasteiger partial charge in [-0.2, -0.15) is 0 Å². The molecule has 0 saturated heterocycles. The van der Waals surface area contributed by atoms with Gasteiger partial charge in [0.2, 0.25) is 0 Å². The van der Waals surface area contributed by atoms with Crippen LogP contribution in [-0.2, 0) is 0 Å². The molecule has 3 nitrogen and oxygen atoms in total. The summed E-state index contributed by atoms with van der Waals surface area (Å²) in [6, 6.07) is 10.4. The van der Waals surface area contributed by atoms with Gasteiger partial charge in [0.25, 0.3) is 0 Å². The fourth-order valence-corrected chi connectivity index (χ4v) is 1.72. The van der Waals surface area contributed by atoms with Crippen LogP contribution in [0.25, 0.3) is 10.9 Å². The molecule has 0 atom stereocenters. The number of para-hydroxylation sites is 1. The van der Waals surface area contributed by atoms with Crippen molar-refractivity contribution in [3.63, 3.8) is 0 Å². The number of nitrogens with zero attached hydrogens (tertiary/aromatic N) is 1. The zero-order valence-corrected chi connectivity index (χ0v) is 7.70. The Morgan fingerprint density at radius 2 is 2.14 bits per heavy atom. The number of benzene rings is 1. The molecular formula is C11H11N3. The SMILES string of the molecule is C1=CNN(c2cc3ccccc3[nH]2)C1. The molecule has 0 unspecified atom stereocenters. The Balaban J connectivity index is 2.05. The van der Waals surface area contributed by atoms with Gasteiger partial charge in [0.05, 0.1) is 6.54 Å². The largest absolute Gasteiger partial charge is 0.340 e. The lowest BCUT2D eigenvalue weighted by Gasteiger charge is -2.15. The molecule has 3 heteroatoms. The monoisotopic (exact) mass is 185 g/mol. The van der Waals surface area contributed by atoms with Gasteiger partial charge in [-0.1, -0.05) is 18.2 Å². The quantitative estimate of drug-likeness (QED) is 0.712. The van der Waals surface area contributed by atoms with E-state index in [1.165, 1.54) is 10.9 Å². The Bertz CT molecular complexity index is 443. The van der Waals surface area contributed by atoms with Crippen LogP contribution >= 0.6 is 0 Å². The van der Waals surface area contributed by atoms with Gasteiger partial charge in [-0.05, 0) is 18.2 Å². The van der Waals surface area contributed by atoms with Crippen LogP contribution < -0.4 is 10.4 Å². The molecule has 1 aromatic heterocycles. The summed E-state index contributed by atoms with van der Waals surface area (Å²) in [5.74, 6) is 1.11. The third kappa shape index (κ3) is 1.06. The van der Waals surface area contributed by atoms with Crippen LogP contribution in [0.3, 0.4) is 0 Å². The lowest BCUT2D eigenvalue weighted by Crippen LogP contribution is -2.29. The van der Waals surface area contributed by atoms with E-state index in [2.05, 4.69) is 45.8 Å². The van der Waals surface area contributed by atoms with Gasteiger partial charge >= 0.3 is 0 Å². The van der Waals surface area contributed by atoms with Gasteiger partial charge in [-0.15, -0.1) is 0 Å². The molecule has 2 N–H and O–H groups in total. The molecule has 0 aliphatic carbocycles. The van der Waals surface area contributed by atoms with Crippen LogP contribution in [0, 0.1) is 0 Å². The third-order valence-corrected chi connectivity index (χ3v) is 2.44. The maximum absolute atomic E-state index is 3.36. The van der Waals surface area contributed by atoms with Gasteiger partial charge in [0, 0.05) is 17.1 Å². The molecule has 0 bridgehead atoms. The highest BCUT2D eigenvalue weighted by Gasteiger charge is 2.09. The van der Waals surface area contributed by atoms with Crippen molar-refractivity contribution in [2.24, 2.45) is 0 Å². The van der Waals surface area contributed by atoms with Gasteiger partial charge < -0.3 is 10.4 Å². The number of fused-ring (bicyclic) bond motifs is 1. The Morgan fingerprint density at radius 1 is 1.21 bits per heavy atom. The van der Waals surface area contributed by atoms with Gasteiger partial charge in [-0.25, -0.2) is 0 Å². The first-order valence-electron chi connectivity index (χ1n) is 4.70. The zero-order chi connectivity index (χ0) is 9.38. The molecule has 1 aliphatic heterocycles. The summed E-state index contributed by atoms with van der Waals surface area (Å²) in [6.07, 6.45) is 4.04. The highest BCUT2D eigenvalue weighted by Crippen LogP contribution is 2.21. The average molecular weight is 185 g/mol. The summed E-state index contributed by atoms with van der Waals surface area (Å²) in [6.45, 7) is 0.910. The Labute approximate surface area is 82.0 Å². The van der Waals surface area contributed by atoms with Crippen LogP contribution in [-0.4, -0.2) is 11.5 Å². The maximum atomic E-state index is 3.36. The summed E-state index contributed by atoms with van der Waals surface area (Å²) >= 11 is 0. The van der Waals surface area contributed by atoms with Crippen molar-refractivity contribution in [1.82, 2.24) is 10.4 Å². The predicted octanol–water partition coefficient (Wildman–Crippen LogP) is 2.01. The molecular weight excluding hydrogens is 174 g/mol. The van der Waals surface area contributed by atoms with Crippen molar-refractivity contribution in [2.45, 2.75) is 0 Å². The normalized spacial score (nSPS) is 15.0. The minimum Gasteiger partial charge on any atom is -0.340 e.